The molecule has 3 saturated heterocycles. The largest absolute Gasteiger partial charge is 0.466 e. The van der Waals surface area contributed by atoms with Gasteiger partial charge in [-0.2, -0.15) is 0 Å². The molecule has 28 heavy (non-hydrogen) atoms. The Morgan fingerprint density at radius 1 is 1.43 bits per heavy atom. The topological polar surface area (TPSA) is 95.9 Å². The molecule has 7 nitrogen and oxygen atoms in total. The third-order valence-corrected chi connectivity index (χ3v) is 9.05. The number of hydrogen-bond acceptors (Lipinski definition) is 6. The molecule has 3 aliphatic heterocycles. The smallest absolute Gasteiger partial charge is 0.310 e. The molecule has 0 aromatic rings. The van der Waals surface area contributed by atoms with Gasteiger partial charge in [0, 0.05) is 29.3 Å². The summed E-state index contributed by atoms with van der Waals surface area (Å²) in [6.07, 6.45) is 1.85. The van der Waals surface area contributed by atoms with Gasteiger partial charge in [-0.3, -0.25) is 14.4 Å². The molecule has 3 aliphatic rings. The number of carbonyl (C=O) groups is 3. The Labute approximate surface area is 178 Å². The molecule has 2 bridgehead atoms. The lowest BCUT2D eigenvalue weighted by molar-refractivity contribution is -0.153. The second kappa shape index (κ2) is 8.52. The number of halogens is 1. The van der Waals surface area contributed by atoms with Crippen molar-refractivity contribution in [1.29, 1.82) is 0 Å². The Morgan fingerprint density at radius 3 is 2.75 bits per heavy atom. The third kappa shape index (κ3) is 3.47. The molecular formula is C19H29BrN2O5S. The highest BCUT2D eigenvalue weighted by molar-refractivity contribution is 9.09. The number of hydrogen-bond donors (Lipinski definition) is 2. The Bertz CT molecular complexity index is 648. The number of esters is 1. The normalized spacial score (nSPS) is 36.1. The summed E-state index contributed by atoms with van der Waals surface area (Å²) in [5.41, 5.74) is 0. The van der Waals surface area contributed by atoms with E-state index >= 15 is 0 Å². The van der Waals surface area contributed by atoms with Gasteiger partial charge in [0.2, 0.25) is 11.8 Å². The maximum Gasteiger partial charge on any atom is 0.310 e. The maximum absolute atomic E-state index is 13.4. The van der Waals surface area contributed by atoms with Gasteiger partial charge >= 0.3 is 5.97 Å². The van der Waals surface area contributed by atoms with Crippen LogP contribution in [0.3, 0.4) is 0 Å². The van der Waals surface area contributed by atoms with Gasteiger partial charge < -0.3 is 20.1 Å². The predicted molar refractivity (Wildman–Crippen MR) is 110 cm³/mol. The van der Waals surface area contributed by atoms with Crippen molar-refractivity contribution in [3.05, 3.63) is 0 Å². The lowest BCUT2D eigenvalue weighted by Gasteiger charge is -2.35. The van der Waals surface area contributed by atoms with Crippen LogP contribution in [0.2, 0.25) is 0 Å². The summed E-state index contributed by atoms with van der Waals surface area (Å²) in [6.45, 7) is 6.27. The molecule has 0 aromatic heterocycles. The second-order valence-corrected chi connectivity index (χ2v) is 10.8. The van der Waals surface area contributed by atoms with E-state index < -0.39 is 22.6 Å². The first-order chi connectivity index (χ1) is 13.3. The van der Waals surface area contributed by atoms with E-state index in [1.165, 1.54) is 0 Å². The summed E-state index contributed by atoms with van der Waals surface area (Å²) in [5, 5.41) is 12.0. The molecule has 0 aliphatic carbocycles. The quantitative estimate of drug-likeness (QED) is 0.311. The molecule has 6 atom stereocenters. The van der Waals surface area contributed by atoms with E-state index in [4.69, 9.17) is 9.84 Å². The van der Waals surface area contributed by atoms with Gasteiger partial charge in [-0.1, -0.05) is 15.9 Å². The van der Waals surface area contributed by atoms with Crippen molar-refractivity contribution in [3.8, 4) is 0 Å². The van der Waals surface area contributed by atoms with E-state index in [2.05, 4.69) is 21.2 Å². The minimum Gasteiger partial charge on any atom is -0.466 e. The lowest BCUT2D eigenvalue weighted by atomic mass is 9.71. The number of alkyl halides is 1. The fourth-order valence-electron chi connectivity index (χ4n) is 4.94. The highest BCUT2D eigenvalue weighted by atomic mass is 79.9. The van der Waals surface area contributed by atoms with Gasteiger partial charge in [-0.25, -0.2) is 0 Å². The molecule has 9 heteroatoms. The number of unbranched alkanes of at least 4 members (excludes halogenated alkanes) is 1. The number of likely N-dealkylation sites (tertiary alicyclic amines) is 1. The summed E-state index contributed by atoms with van der Waals surface area (Å²) < 4.78 is 4.68. The zero-order valence-electron chi connectivity index (χ0n) is 16.5. The van der Waals surface area contributed by atoms with Gasteiger partial charge in [0.25, 0.3) is 0 Å². The molecule has 2 amide bonds. The lowest BCUT2D eigenvalue weighted by Crippen LogP contribution is -2.55. The highest BCUT2D eigenvalue weighted by Gasteiger charge is 2.75. The van der Waals surface area contributed by atoms with Crippen LogP contribution in [0.4, 0.5) is 0 Å². The van der Waals surface area contributed by atoms with E-state index in [0.29, 0.717) is 25.8 Å². The number of aliphatic hydroxyl groups excluding tert-OH is 1. The summed E-state index contributed by atoms with van der Waals surface area (Å²) in [7, 11) is 0. The van der Waals surface area contributed by atoms with Gasteiger partial charge in [0.1, 0.15) is 6.04 Å². The molecular weight excluding hydrogens is 448 g/mol. The van der Waals surface area contributed by atoms with Crippen LogP contribution in [0.25, 0.3) is 0 Å². The van der Waals surface area contributed by atoms with Crippen molar-refractivity contribution in [2.24, 2.45) is 11.8 Å². The van der Waals surface area contributed by atoms with Gasteiger partial charge in [-0.15, -0.1) is 11.8 Å². The Morgan fingerprint density at radius 2 is 2.14 bits per heavy atom. The molecule has 0 aromatic carbocycles. The second-order valence-electron chi connectivity index (χ2n) is 8.04. The monoisotopic (exact) mass is 476 g/mol. The first-order valence-corrected chi connectivity index (χ1v) is 11.8. The van der Waals surface area contributed by atoms with Gasteiger partial charge in [-0.05, 0) is 40.0 Å². The number of nitrogens with one attached hydrogen (secondary N) is 1. The Hall–Kier alpha value is -0.800. The van der Waals surface area contributed by atoms with E-state index in [-0.39, 0.29) is 47.1 Å². The molecule has 3 rings (SSSR count). The molecule has 158 valence electrons. The molecule has 0 saturated carbocycles. The van der Waals surface area contributed by atoms with E-state index in [1.807, 2.05) is 13.8 Å². The van der Waals surface area contributed by atoms with Crippen molar-refractivity contribution >= 4 is 45.5 Å². The number of aliphatic hydroxyl groups is 1. The van der Waals surface area contributed by atoms with Crippen LogP contribution in [-0.4, -0.2) is 74.5 Å². The Balaban J connectivity index is 1.98. The zero-order valence-corrected chi connectivity index (χ0v) is 18.9. The van der Waals surface area contributed by atoms with Gasteiger partial charge in [0.05, 0.1) is 23.2 Å². The number of thioether (sulfide) groups is 1. The molecule has 3 unspecified atom stereocenters. The number of ether oxygens (including phenoxy) is 1. The van der Waals surface area contributed by atoms with Crippen LogP contribution in [0.1, 0.15) is 40.0 Å². The average molecular weight is 477 g/mol. The summed E-state index contributed by atoms with van der Waals surface area (Å²) in [6, 6.07) is -0.651. The SMILES string of the molecule is CCOC(=O)[C@H]1[C@@H]2SC3(CC2Br)C(C(=O)NC(C)C)N(CCCCO)C(=O)[C@H]13. The maximum atomic E-state index is 13.4. The fraction of sp³-hybridized carbons (Fsp3) is 0.842. The number of nitrogens with zero attached hydrogens (tertiary/aromatic N) is 1. The zero-order chi connectivity index (χ0) is 20.6. The summed E-state index contributed by atoms with van der Waals surface area (Å²) in [4.78, 5) is 41.1. The van der Waals surface area contributed by atoms with Crippen LogP contribution in [0.15, 0.2) is 0 Å². The highest BCUT2D eigenvalue weighted by Crippen LogP contribution is 2.67. The number of amides is 2. The van der Waals surface area contributed by atoms with E-state index in [9.17, 15) is 14.4 Å². The average Bonchev–Trinajstić information content (AvgIpc) is 3.19. The van der Waals surface area contributed by atoms with Gasteiger partial charge in [0.15, 0.2) is 0 Å². The predicted octanol–water partition coefficient (Wildman–Crippen LogP) is 1.31. The van der Waals surface area contributed by atoms with Crippen molar-refractivity contribution in [2.45, 2.75) is 66.9 Å². The van der Waals surface area contributed by atoms with Crippen LogP contribution >= 0.6 is 27.7 Å². The third-order valence-electron chi connectivity index (χ3n) is 5.83. The summed E-state index contributed by atoms with van der Waals surface area (Å²) >= 11 is 5.30. The van der Waals surface area contributed by atoms with Crippen LogP contribution < -0.4 is 5.32 Å². The standard InChI is InChI=1S/C19H29BrN2O5S/c1-4-27-18(26)12-13-17(25)22(7-5-6-8-23)15(16(24)21-10(2)3)19(13)9-11(20)14(12)28-19/h10-15,23H,4-9H2,1-3H3,(H,21,24)/t11?,12-,13+,14-,15?,19?/m1/s1. The molecule has 0 radical (unpaired) electrons. The van der Waals surface area contributed by atoms with E-state index in [1.54, 1.807) is 23.6 Å². The molecule has 3 heterocycles. The molecule has 2 N–H and O–H groups in total. The van der Waals surface area contributed by atoms with Crippen LogP contribution in [-0.2, 0) is 19.1 Å². The number of fused-ring (bicyclic) bond motifs is 1. The fourth-order valence-corrected chi connectivity index (χ4v) is 8.54. The summed E-state index contributed by atoms with van der Waals surface area (Å²) in [5.74, 6) is -1.70. The molecule has 1 spiro atoms. The Kier molecular flexibility index (Phi) is 6.66. The van der Waals surface area contributed by atoms with Crippen molar-refractivity contribution in [3.63, 3.8) is 0 Å². The minimum absolute atomic E-state index is 0.0402. The van der Waals surface area contributed by atoms with E-state index in [0.717, 1.165) is 0 Å². The van der Waals surface area contributed by atoms with Crippen molar-refractivity contribution in [2.75, 3.05) is 19.8 Å². The van der Waals surface area contributed by atoms with Crippen LogP contribution in [0, 0.1) is 11.8 Å². The van der Waals surface area contributed by atoms with Crippen molar-refractivity contribution < 1.29 is 24.2 Å². The van der Waals surface area contributed by atoms with Crippen molar-refractivity contribution in [1.82, 2.24) is 10.2 Å². The number of carbonyl (C=O) groups excluding carboxylic acids is 3. The first-order valence-electron chi connectivity index (χ1n) is 9.98. The minimum atomic E-state index is -0.620. The first kappa shape index (κ1) is 21.9. The number of rotatable bonds is 8. The van der Waals surface area contributed by atoms with Crippen LogP contribution in [0.5, 0.6) is 0 Å². The molecule has 3 fully saturated rings.